The van der Waals surface area contributed by atoms with Crippen LogP contribution >= 0.6 is 11.6 Å². The van der Waals surface area contributed by atoms with E-state index in [0.29, 0.717) is 23.0 Å². The first-order valence-electron chi connectivity index (χ1n) is 10.2. The second-order valence-corrected chi connectivity index (χ2v) is 8.51. The molecule has 1 fully saturated rings. The maximum Gasteiger partial charge on any atom is 0.178 e. The minimum Gasteiger partial charge on any atom is -0.383 e. The molecular weight excluding hydrogens is 408 g/mol. The Hall–Kier alpha value is -2.30. The molecule has 4 rings (SSSR count). The number of fused-ring (bicyclic) bond motifs is 1. The van der Waals surface area contributed by atoms with Gasteiger partial charge in [-0.3, -0.25) is 0 Å². The van der Waals surface area contributed by atoms with E-state index in [1.165, 1.54) is 0 Å². The quantitative estimate of drug-likeness (QED) is 0.382. The average Bonchev–Trinajstić information content (AvgIpc) is 3.38. The molecule has 3 N–H and O–H groups in total. The molecule has 11 heteroatoms. The van der Waals surface area contributed by atoms with Gasteiger partial charge in [-0.2, -0.15) is 5.21 Å². The second-order valence-electron chi connectivity index (χ2n) is 8.12. The summed E-state index contributed by atoms with van der Waals surface area (Å²) in [6, 6.07) is 1.65. The molecule has 0 aliphatic heterocycles. The highest BCUT2D eigenvalue weighted by atomic mass is 35.5. The van der Waals surface area contributed by atoms with E-state index < -0.39 is 5.79 Å². The number of nitrogens with zero attached hydrogens (tertiary/aromatic N) is 6. The summed E-state index contributed by atoms with van der Waals surface area (Å²) in [6.45, 7) is 8.16. The van der Waals surface area contributed by atoms with Gasteiger partial charge in [-0.15, -0.1) is 10.2 Å². The van der Waals surface area contributed by atoms with Crippen LogP contribution in [0.5, 0.6) is 0 Å². The summed E-state index contributed by atoms with van der Waals surface area (Å²) in [4.78, 5) is 9.19. The molecule has 0 bridgehead atoms. The lowest BCUT2D eigenvalue weighted by molar-refractivity contribution is -0.211. The Morgan fingerprint density at radius 1 is 1.40 bits per heavy atom. The largest absolute Gasteiger partial charge is 0.383 e. The summed E-state index contributed by atoms with van der Waals surface area (Å²) in [7, 11) is 0. The molecule has 1 aliphatic carbocycles. The van der Waals surface area contributed by atoms with Crippen LogP contribution in [0, 0.1) is 5.92 Å². The molecule has 1 saturated carbocycles. The van der Waals surface area contributed by atoms with Crippen molar-refractivity contribution in [1.82, 2.24) is 35.2 Å². The van der Waals surface area contributed by atoms with Gasteiger partial charge in [0.25, 0.3) is 0 Å². The van der Waals surface area contributed by atoms with Crippen LogP contribution in [-0.4, -0.2) is 58.7 Å². The maximum absolute atomic E-state index is 10.4. The first-order chi connectivity index (χ1) is 14.3. The Balaban J connectivity index is 1.82. The summed E-state index contributed by atoms with van der Waals surface area (Å²) in [6.07, 6.45) is 2.99. The number of anilines is 1. The van der Waals surface area contributed by atoms with Crippen LogP contribution in [0.3, 0.4) is 0 Å². The highest BCUT2D eigenvalue weighted by molar-refractivity contribution is 6.30. The van der Waals surface area contributed by atoms with E-state index in [1.807, 2.05) is 11.5 Å². The van der Waals surface area contributed by atoms with Crippen LogP contribution in [-0.2, 0) is 4.74 Å². The summed E-state index contributed by atoms with van der Waals surface area (Å²) in [5.74, 6) is -0.479. The number of aliphatic hydroxyl groups is 1. The van der Waals surface area contributed by atoms with Gasteiger partial charge in [0.1, 0.15) is 10.7 Å². The van der Waals surface area contributed by atoms with E-state index in [9.17, 15) is 5.11 Å². The van der Waals surface area contributed by atoms with Crippen molar-refractivity contribution in [2.45, 2.75) is 64.4 Å². The summed E-state index contributed by atoms with van der Waals surface area (Å²) >= 11 is 6.32. The van der Waals surface area contributed by atoms with E-state index >= 15 is 0 Å². The Bertz CT molecular complexity index is 1000. The van der Waals surface area contributed by atoms with Crippen molar-refractivity contribution in [3.63, 3.8) is 0 Å². The van der Waals surface area contributed by atoms with Gasteiger partial charge in [-0.05, 0) is 33.1 Å². The van der Waals surface area contributed by atoms with Crippen molar-refractivity contribution in [1.29, 1.82) is 0 Å². The SMILES string of the molecule is CCNc1cc(Cl)nc2c1ncn2C1[C@@H](CC)C(c2nn[nH]n2)C[C@H]1OC(C)(C)O. The second kappa shape index (κ2) is 8.09. The fraction of sp³-hybridized carbons (Fsp3) is 0.632. The molecule has 3 aromatic rings. The summed E-state index contributed by atoms with van der Waals surface area (Å²) < 4.78 is 8.12. The topological polar surface area (TPSA) is 127 Å². The molecule has 0 amide bonds. The van der Waals surface area contributed by atoms with E-state index in [0.717, 1.165) is 24.2 Å². The number of nitrogens with one attached hydrogen (secondary N) is 2. The molecule has 0 spiro atoms. The third kappa shape index (κ3) is 3.86. The van der Waals surface area contributed by atoms with Crippen molar-refractivity contribution in [3.05, 3.63) is 23.4 Å². The number of imidazole rings is 1. The van der Waals surface area contributed by atoms with Gasteiger partial charge < -0.3 is 19.7 Å². The summed E-state index contributed by atoms with van der Waals surface area (Å²) in [5.41, 5.74) is 2.27. The van der Waals surface area contributed by atoms with E-state index in [1.54, 1.807) is 26.2 Å². The number of ether oxygens (including phenoxy) is 1. The molecule has 0 saturated heterocycles. The molecule has 162 valence electrons. The normalized spacial score (nSPS) is 24.6. The zero-order valence-corrected chi connectivity index (χ0v) is 18.3. The van der Waals surface area contributed by atoms with Gasteiger partial charge in [0, 0.05) is 18.5 Å². The Labute approximate surface area is 179 Å². The molecule has 2 unspecified atom stereocenters. The first-order valence-corrected chi connectivity index (χ1v) is 10.6. The Morgan fingerprint density at radius 3 is 2.83 bits per heavy atom. The number of rotatable bonds is 7. The van der Waals surface area contributed by atoms with Gasteiger partial charge in [-0.25, -0.2) is 9.97 Å². The van der Waals surface area contributed by atoms with Crippen LogP contribution in [0.4, 0.5) is 5.69 Å². The number of aromatic nitrogens is 7. The molecule has 30 heavy (non-hydrogen) atoms. The van der Waals surface area contributed by atoms with Crippen LogP contribution in [0.25, 0.3) is 11.2 Å². The molecular formula is C19H27ClN8O2. The predicted molar refractivity (Wildman–Crippen MR) is 112 cm³/mol. The van der Waals surface area contributed by atoms with E-state index in [4.69, 9.17) is 16.3 Å². The molecule has 3 aromatic heterocycles. The maximum atomic E-state index is 10.4. The zero-order valence-electron chi connectivity index (χ0n) is 17.5. The highest BCUT2D eigenvalue weighted by Gasteiger charge is 2.48. The van der Waals surface area contributed by atoms with Gasteiger partial charge in [0.05, 0.1) is 24.2 Å². The Kier molecular flexibility index (Phi) is 5.65. The third-order valence-electron chi connectivity index (χ3n) is 5.61. The zero-order chi connectivity index (χ0) is 21.5. The van der Waals surface area contributed by atoms with Gasteiger partial charge in [-0.1, -0.05) is 30.2 Å². The number of hydrogen-bond acceptors (Lipinski definition) is 8. The van der Waals surface area contributed by atoms with Crippen LogP contribution < -0.4 is 5.32 Å². The molecule has 10 nitrogen and oxygen atoms in total. The predicted octanol–water partition coefficient (Wildman–Crippen LogP) is 2.90. The number of aromatic amines is 1. The number of halogens is 1. The lowest BCUT2D eigenvalue weighted by Crippen LogP contribution is -2.34. The van der Waals surface area contributed by atoms with Crippen LogP contribution in [0.1, 0.15) is 58.3 Å². The number of hydrogen-bond donors (Lipinski definition) is 3. The van der Waals surface area contributed by atoms with Crippen molar-refractivity contribution < 1.29 is 9.84 Å². The molecule has 3 heterocycles. The third-order valence-corrected chi connectivity index (χ3v) is 5.81. The minimum absolute atomic E-state index is 0.0240. The monoisotopic (exact) mass is 434 g/mol. The lowest BCUT2D eigenvalue weighted by Gasteiger charge is -2.31. The minimum atomic E-state index is -1.29. The molecule has 0 radical (unpaired) electrons. The van der Waals surface area contributed by atoms with Crippen LogP contribution in [0.2, 0.25) is 5.15 Å². The number of pyridine rings is 1. The van der Waals surface area contributed by atoms with Gasteiger partial charge >= 0.3 is 0 Å². The summed E-state index contributed by atoms with van der Waals surface area (Å²) in [5, 5.41) is 28.8. The lowest BCUT2D eigenvalue weighted by atomic mass is 9.90. The first kappa shape index (κ1) is 21.0. The smallest absolute Gasteiger partial charge is 0.178 e. The number of H-pyrrole nitrogens is 1. The van der Waals surface area contributed by atoms with Crippen molar-refractivity contribution in [2.75, 3.05) is 11.9 Å². The molecule has 4 atom stereocenters. The fourth-order valence-corrected chi connectivity index (χ4v) is 4.81. The molecule has 1 aliphatic rings. The van der Waals surface area contributed by atoms with Crippen molar-refractivity contribution in [2.24, 2.45) is 5.92 Å². The highest BCUT2D eigenvalue weighted by Crippen LogP contribution is 2.49. The van der Waals surface area contributed by atoms with E-state index in [-0.39, 0.29) is 24.0 Å². The van der Waals surface area contributed by atoms with Gasteiger partial charge in [0.15, 0.2) is 17.3 Å². The van der Waals surface area contributed by atoms with Crippen LogP contribution in [0.15, 0.2) is 12.4 Å². The fourth-order valence-electron chi connectivity index (χ4n) is 4.62. The average molecular weight is 435 g/mol. The standard InChI is InChI=1S/C19H27ClN8O2/c1-5-10-11(17-24-26-27-25-17)7-13(30-19(3,4)29)16(10)28-9-22-15-12(21-6-2)8-14(20)23-18(15)28/h8-11,13,16,29H,5-7H2,1-4H3,(H,21,23)(H,24,25,26,27)/t10-,11?,13+,16?/m0/s1. The number of tetrazole rings is 1. The van der Waals surface area contributed by atoms with Gasteiger partial charge in [0.2, 0.25) is 0 Å². The van der Waals surface area contributed by atoms with Crippen molar-refractivity contribution >= 4 is 28.5 Å². The Morgan fingerprint density at radius 2 is 2.20 bits per heavy atom. The van der Waals surface area contributed by atoms with E-state index in [2.05, 4.69) is 42.8 Å². The van der Waals surface area contributed by atoms with Crippen molar-refractivity contribution in [3.8, 4) is 0 Å². The molecule has 0 aromatic carbocycles.